The molecule has 0 aliphatic rings. The lowest BCUT2D eigenvalue weighted by Gasteiger charge is -1.97. The van der Waals surface area contributed by atoms with E-state index in [4.69, 9.17) is 0 Å². The highest BCUT2D eigenvalue weighted by molar-refractivity contribution is 7.98. The fourth-order valence-electron chi connectivity index (χ4n) is 1.19. The van der Waals surface area contributed by atoms with Crippen molar-refractivity contribution in [1.29, 1.82) is 0 Å². The van der Waals surface area contributed by atoms with Gasteiger partial charge in [0, 0.05) is 25.0 Å². The number of pyridine rings is 1. The Balaban J connectivity index is 2.46. The first-order chi connectivity index (χ1) is 6.81. The van der Waals surface area contributed by atoms with E-state index in [2.05, 4.69) is 15.1 Å². The molecule has 0 saturated carbocycles. The van der Waals surface area contributed by atoms with E-state index in [1.165, 1.54) is 11.8 Å². The Labute approximate surface area is 86.4 Å². The van der Waals surface area contributed by atoms with Crippen LogP contribution < -0.4 is 0 Å². The molecule has 2 heterocycles. The van der Waals surface area contributed by atoms with Crippen molar-refractivity contribution in [3.63, 3.8) is 0 Å². The average molecular weight is 206 g/mol. The van der Waals surface area contributed by atoms with Gasteiger partial charge in [0.1, 0.15) is 0 Å². The van der Waals surface area contributed by atoms with Crippen molar-refractivity contribution in [2.75, 3.05) is 6.26 Å². The topological polar surface area (TPSA) is 43.6 Å². The lowest BCUT2D eigenvalue weighted by Crippen LogP contribution is -1.94. The molecule has 0 radical (unpaired) electrons. The fraction of sp³-hybridized carbons (Fsp3) is 0.222. The SMILES string of the molecule is CSc1nc(-c2cccnc2)n(C)n1. The van der Waals surface area contributed by atoms with Gasteiger partial charge in [-0.05, 0) is 18.4 Å². The van der Waals surface area contributed by atoms with Crippen molar-refractivity contribution in [1.82, 2.24) is 19.7 Å². The third-order valence-corrected chi connectivity index (χ3v) is 2.38. The number of aryl methyl sites for hydroxylation is 1. The summed E-state index contributed by atoms with van der Waals surface area (Å²) in [5.74, 6) is 0.849. The van der Waals surface area contributed by atoms with Gasteiger partial charge in [-0.15, -0.1) is 5.10 Å². The van der Waals surface area contributed by atoms with E-state index >= 15 is 0 Å². The third-order valence-electron chi connectivity index (χ3n) is 1.85. The summed E-state index contributed by atoms with van der Waals surface area (Å²) in [6.07, 6.45) is 5.49. The molecule has 2 aromatic heterocycles. The normalized spacial score (nSPS) is 10.4. The predicted molar refractivity (Wildman–Crippen MR) is 56.0 cm³/mol. The van der Waals surface area contributed by atoms with E-state index in [9.17, 15) is 0 Å². The van der Waals surface area contributed by atoms with Gasteiger partial charge < -0.3 is 0 Å². The minimum Gasteiger partial charge on any atom is -0.264 e. The van der Waals surface area contributed by atoms with Gasteiger partial charge in [0.25, 0.3) is 0 Å². The van der Waals surface area contributed by atoms with Crippen molar-refractivity contribution >= 4 is 11.8 Å². The summed E-state index contributed by atoms with van der Waals surface area (Å²) in [6, 6.07) is 3.86. The second-order valence-corrected chi connectivity index (χ2v) is 3.56. The molecule has 0 spiro atoms. The zero-order valence-electron chi connectivity index (χ0n) is 8.01. The maximum Gasteiger partial charge on any atom is 0.208 e. The van der Waals surface area contributed by atoms with Gasteiger partial charge in [-0.3, -0.25) is 4.98 Å². The molecule has 2 rings (SSSR count). The first kappa shape index (κ1) is 9.21. The van der Waals surface area contributed by atoms with Crippen LogP contribution in [0.25, 0.3) is 11.4 Å². The van der Waals surface area contributed by atoms with E-state index in [1.54, 1.807) is 17.1 Å². The quantitative estimate of drug-likeness (QED) is 0.700. The zero-order valence-corrected chi connectivity index (χ0v) is 8.82. The number of hydrogen-bond donors (Lipinski definition) is 0. The molecule has 4 nitrogen and oxygen atoms in total. The maximum absolute atomic E-state index is 4.37. The minimum atomic E-state index is 0.784. The van der Waals surface area contributed by atoms with Crippen LogP contribution in [-0.2, 0) is 7.05 Å². The molecule has 0 bridgehead atoms. The highest BCUT2D eigenvalue weighted by atomic mass is 32.2. The highest BCUT2D eigenvalue weighted by Crippen LogP contribution is 2.18. The van der Waals surface area contributed by atoms with Crippen LogP contribution in [0.2, 0.25) is 0 Å². The van der Waals surface area contributed by atoms with Crippen LogP contribution in [0.3, 0.4) is 0 Å². The van der Waals surface area contributed by atoms with Crippen LogP contribution in [0.1, 0.15) is 0 Å². The molecule has 0 amide bonds. The maximum atomic E-state index is 4.37. The molecule has 0 saturated heterocycles. The monoisotopic (exact) mass is 206 g/mol. The molecular weight excluding hydrogens is 196 g/mol. The Morgan fingerprint density at radius 3 is 2.86 bits per heavy atom. The van der Waals surface area contributed by atoms with E-state index in [0.29, 0.717) is 0 Å². The van der Waals surface area contributed by atoms with Gasteiger partial charge in [0.15, 0.2) is 5.82 Å². The van der Waals surface area contributed by atoms with E-state index in [0.717, 1.165) is 16.5 Å². The summed E-state index contributed by atoms with van der Waals surface area (Å²) in [5, 5.41) is 5.03. The molecule has 0 unspecified atom stereocenters. The zero-order chi connectivity index (χ0) is 9.97. The number of rotatable bonds is 2. The number of thioether (sulfide) groups is 1. The van der Waals surface area contributed by atoms with Gasteiger partial charge >= 0.3 is 0 Å². The van der Waals surface area contributed by atoms with Crippen LogP contribution in [0.5, 0.6) is 0 Å². The molecular formula is C9H10N4S. The first-order valence-corrected chi connectivity index (χ1v) is 5.39. The lowest BCUT2D eigenvalue weighted by molar-refractivity contribution is 0.744. The molecule has 0 aromatic carbocycles. The molecule has 0 N–H and O–H groups in total. The number of nitrogens with zero attached hydrogens (tertiary/aromatic N) is 4. The highest BCUT2D eigenvalue weighted by Gasteiger charge is 2.07. The summed E-state index contributed by atoms with van der Waals surface area (Å²) in [7, 11) is 1.88. The summed E-state index contributed by atoms with van der Waals surface area (Å²) in [4.78, 5) is 8.42. The molecule has 72 valence electrons. The predicted octanol–water partition coefficient (Wildman–Crippen LogP) is 1.60. The van der Waals surface area contributed by atoms with Gasteiger partial charge in [-0.1, -0.05) is 11.8 Å². The summed E-state index contributed by atoms with van der Waals surface area (Å²) >= 11 is 1.53. The standard InChI is InChI=1S/C9H10N4S/c1-13-8(11-9(12-13)14-2)7-4-3-5-10-6-7/h3-6H,1-2H3. The molecule has 14 heavy (non-hydrogen) atoms. The first-order valence-electron chi connectivity index (χ1n) is 4.16. The summed E-state index contributed by atoms with van der Waals surface area (Å²) in [5.41, 5.74) is 0.989. The van der Waals surface area contributed by atoms with E-state index < -0.39 is 0 Å². The van der Waals surface area contributed by atoms with Crippen LogP contribution in [-0.4, -0.2) is 26.0 Å². The van der Waals surface area contributed by atoms with Gasteiger partial charge in [0.05, 0.1) is 0 Å². The number of hydrogen-bond acceptors (Lipinski definition) is 4. The Kier molecular flexibility index (Phi) is 2.49. The van der Waals surface area contributed by atoms with E-state index in [-0.39, 0.29) is 0 Å². The van der Waals surface area contributed by atoms with Gasteiger partial charge in [-0.2, -0.15) is 0 Å². The Morgan fingerprint density at radius 2 is 2.29 bits per heavy atom. The van der Waals surface area contributed by atoms with Crippen molar-refractivity contribution in [3.05, 3.63) is 24.5 Å². The van der Waals surface area contributed by atoms with E-state index in [1.807, 2.05) is 25.4 Å². The van der Waals surface area contributed by atoms with Crippen LogP contribution in [0.15, 0.2) is 29.7 Å². The minimum absolute atomic E-state index is 0.784. The van der Waals surface area contributed by atoms with Crippen LogP contribution in [0.4, 0.5) is 0 Å². The molecule has 0 fully saturated rings. The second kappa shape index (κ2) is 3.79. The van der Waals surface area contributed by atoms with Gasteiger partial charge in [-0.25, -0.2) is 9.67 Å². The molecule has 5 heteroatoms. The van der Waals surface area contributed by atoms with Gasteiger partial charge in [0.2, 0.25) is 5.16 Å². The molecule has 0 atom stereocenters. The largest absolute Gasteiger partial charge is 0.264 e. The molecule has 0 aliphatic heterocycles. The molecule has 0 aliphatic carbocycles. The summed E-state index contributed by atoms with van der Waals surface area (Å²) in [6.45, 7) is 0. The lowest BCUT2D eigenvalue weighted by atomic mass is 10.3. The smallest absolute Gasteiger partial charge is 0.208 e. The van der Waals surface area contributed by atoms with Crippen molar-refractivity contribution in [2.24, 2.45) is 7.05 Å². The van der Waals surface area contributed by atoms with Crippen LogP contribution in [0, 0.1) is 0 Å². The van der Waals surface area contributed by atoms with Crippen molar-refractivity contribution in [2.45, 2.75) is 5.16 Å². The summed E-state index contributed by atoms with van der Waals surface area (Å²) < 4.78 is 1.77. The second-order valence-electron chi connectivity index (χ2n) is 2.79. The fourth-order valence-corrected chi connectivity index (χ4v) is 1.58. The average Bonchev–Trinajstić information content (AvgIpc) is 2.61. The molecule has 2 aromatic rings. The Hall–Kier alpha value is -1.36. The Bertz CT molecular complexity index is 424. The van der Waals surface area contributed by atoms with Crippen molar-refractivity contribution < 1.29 is 0 Å². The Morgan fingerprint density at radius 1 is 1.43 bits per heavy atom. The van der Waals surface area contributed by atoms with Crippen molar-refractivity contribution in [3.8, 4) is 11.4 Å². The van der Waals surface area contributed by atoms with Crippen LogP contribution >= 0.6 is 11.8 Å². The number of aromatic nitrogens is 4. The third kappa shape index (κ3) is 1.63.